The number of hydrogen-bond donors (Lipinski definition) is 0. The monoisotopic (exact) mass is 814 g/mol. The van der Waals surface area contributed by atoms with E-state index >= 15 is 4.39 Å². The average molecular weight is 815 g/mol. The van der Waals surface area contributed by atoms with Gasteiger partial charge >= 0.3 is 0 Å². The molecule has 2 fully saturated rings. The molecule has 2 spiro atoms. The second-order valence-corrected chi connectivity index (χ2v) is 28.7. The Morgan fingerprint density at radius 1 is 0.262 bits per heavy atom. The molecule has 0 saturated heterocycles. The molecule has 290 valence electrons. The molecule has 23 aliphatic rings. The summed E-state index contributed by atoms with van der Waals surface area (Å²) in [6.07, 6.45) is 2.13. The van der Waals surface area contributed by atoms with Crippen LogP contribution in [0.5, 0.6) is 0 Å². The van der Waals surface area contributed by atoms with E-state index in [1.807, 2.05) is 209 Å². The summed E-state index contributed by atoms with van der Waals surface area (Å²) in [5.41, 5.74) is 43.4. The molecule has 0 N–H and O–H groups in total. The third-order valence-electron chi connectivity index (χ3n) is 30.4. The summed E-state index contributed by atoms with van der Waals surface area (Å²) in [5, 5.41) is 30.1. The minimum Gasteiger partial charge on any atom is -0.247 e. The highest BCUT2D eigenvalue weighted by molar-refractivity contribution is 6.50. The van der Waals surface area contributed by atoms with Crippen molar-refractivity contribution in [3.05, 3.63) is 111 Å². The number of benzene rings is 9. The van der Waals surface area contributed by atoms with Crippen LogP contribution in [-0.2, 0) is 10.8 Å². The molecule has 0 radical (unpaired) electrons. The van der Waals surface area contributed by atoms with Crippen molar-refractivity contribution in [2.45, 2.75) is 143 Å². The third kappa shape index (κ3) is 1.33. The first-order valence-corrected chi connectivity index (χ1v) is 27.2. The van der Waals surface area contributed by atoms with Crippen LogP contribution in [0.2, 0.25) is 0 Å². The number of halogens is 1. The number of rotatable bonds is 0. The Bertz CT molecular complexity index is 5050. The van der Waals surface area contributed by atoms with Crippen LogP contribution in [0.1, 0.15) is 237 Å². The van der Waals surface area contributed by atoms with Crippen molar-refractivity contribution in [1.29, 1.82) is 0 Å². The minimum atomic E-state index is -0.666. The Balaban J connectivity index is 1.07. The molecular formula is C64H27F. The van der Waals surface area contributed by atoms with Gasteiger partial charge in [0.25, 0.3) is 0 Å². The second-order valence-electron chi connectivity index (χ2n) is 28.7. The fraction of sp³-hybridized carbons (Fsp3) is 0.406. The first-order valence-electron chi connectivity index (χ1n) is 27.2. The lowest BCUT2D eigenvalue weighted by Crippen LogP contribution is -2.67. The highest BCUT2D eigenvalue weighted by Crippen LogP contribution is 2.99. The van der Waals surface area contributed by atoms with Gasteiger partial charge in [-0.3, -0.25) is 0 Å². The van der Waals surface area contributed by atoms with E-state index in [0.717, 1.165) is 19.3 Å². The molecular weight excluding hydrogens is 788 g/mol. The van der Waals surface area contributed by atoms with Crippen molar-refractivity contribution in [3.8, 4) is 11.1 Å². The molecule has 1 heteroatoms. The lowest BCUT2D eigenvalue weighted by atomic mass is 9.33. The third-order valence-corrected chi connectivity index (χ3v) is 30.4. The molecule has 0 aliphatic heterocycles. The largest absolute Gasteiger partial charge is 0.247 e. The summed E-state index contributed by atoms with van der Waals surface area (Å²) in [5.74, 6) is 12.8. The van der Waals surface area contributed by atoms with E-state index in [-0.39, 0.29) is 10.8 Å². The van der Waals surface area contributed by atoms with Crippen molar-refractivity contribution in [3.63, 3.8) is 0 Å². The molecule has 0 amide bonds. The van der Waals surface area contributed by atoms with Gasteiger partial charge in [-0.25, -0.2) is 4.39 Å². The SMILES string of the molecule is FC1CCC23c4c5c6c7c8c9c%10c%11c%12c%13c%14c%15c(c%16c%13c%10c7c4-%16)C2(C1)C1C%15C2c4c7c%10c%13c%15c%16c%17c%18c%19c%20c%21c%22c%23c(c4c4c%22c%19c%16c%104)C2C%14C%12C%23C%21C%11C9C%20C%18C8C6C%17C%15C5C3C%13C71. The standard InChI is InChI=1S/C64H27F/c65-4-1-2-63-59-51-43-33-23-15-7-5-6-9-13-11(7)19-27-21(13)31-25-17(9)18-10(6)14-12-8(5)16(15)24-30-20(12)28-22(14)32-26(18)36-35(25)45-39(31)49-41(27)47(37(43)29(19)23)53(59)55(49)61-57(45)58-46(36)40(32)50-42(28)48-38(30)44(34(24)33)52(51)60(63)54(48)56(50)62(58)64(61,63)3-4/h4,7,9,11,13,15,17,23,25,33-36,44,46,52,54,56,58,60,62H,1-3H2. The molecule has 0 aromatic heterocycles. The summed E-state index contributed by atoms with van der Waals surface area (Å²) in [6, 6.07) is 0. The summed E-state index contributed by atoms with van der Waals surface area (Å²) >= 11 is 0. The van der Waals surface area contributed by atoms with Crippen LogP contribution in [0, 0.1) is 11.8 Å². The van der Waals surface area contributed by atoms with E-state index in [0.29, 0.717) is 118 Å². The molecule has 0 bridgehead atoms. The quantitative estimate of drug-likeness (QED) is 0.134. The smallest absolute Gasteiger partial charge is 0.101 e. The van der Waals surface area contributed by atoms with E-state index in [2.05, 4.69) is 0 Å². The predicted molar refractivity (Wildman–Crippen MR) is 244 cm³/mol. The van der Waals surface area contributed by atoms with Gasteiger partial charge in [0.1, 0.15) is 6.17 Å². The second kappa shape index (κ2) is 5.67. The van der Waals surface area contributed by atoms with Gasteiger partial charge in [0.15, 0.2) is 0 Å². The fourth-order valence-corrected chi connectivity index (χ4v) is 32.2. The van der Waals surface area contributed by atoms with E-state index in [9.17, 15) is 0 Å². The zero-order valence-electron chi connectivity index (χ0n) is 34.6. The molecule has 2 saturated carbocycles. The summed E-state index contributed by atoms with van der Waals surface area (Å²) in [6.45, 7) is 0. The van der Waals surface area contributed by atoms with Crippen molar-refractivity contribution < 1.29 is 4.39 Å². The molecule has 23 aliphatic carbocycles. The zero-order chi connectivity index (χ0) is 38.2. The summed E-state index contributed by atoms with van der Waals surface area (Å²) in [4.78, 5) is 0. The highest BCUT2D eigenvalue weighted by atomic mass is 19.1. The normalized spacial score (nSPS) is 52.5. The van der Waals surface area contributed by atoms with E-state index < -0.39 is 6.17 Å². The van der Waals surface area contributed by atoms with Gasteiger partial charge in [-0.2, -0.15) is 0 Å². The van der Waals surface area contributed by atoms with Crippen LogP contribution in [0.3, 0.4) is 0 Å². The topological polar surface area (TPSA) is 0 Å². The molecule has 0 heterocycles. The maximum atomic E-state index is 17.9. The van der Waals surface area contributed by atoms with Gasteiger partial charge in [0.2, 0.25) is 0 Å². The van der Waals surface area contributed by atoms with Crippen LogP contribution < -0.4 is 0 Å². The Morgan fingerprint density at radius 3 is 0.877 bits per heavy atom. The van der Waals surface area contributed by atoms with Gasteiger partial charge in [0, 0.05) is 10.8 Å². The van der Waals surface area contributed by atoms with Gasteiger partial charge in [-0.15, -0.1) is 0 Å². The zero-order valence-corrected chi connectivity index (χ0v) is 34.6. The van der Waals surface area contributed by atoms with Gasteiger partial charge in [0.05, 0.1) is 0 Å². The van der Waals surface area contributed by atoms with Gasteiger partial charge in [-0.1, -0.05) is 0 Å². The fourth-order valence-electron chi connectivity index (χ4n) is 32.2. The molecule has 10 aromatic carbocycles. The van der Waals surface area contributed by atoms with Crippen LogP contribution in [0.4, 0.5) is 4.39 Å². The lowest BCUT2D eigenvalue weighted by Gasteiger charge is -2.69. The summed E-state index contributed by atoms with van der Waals surface area (Å²) in [7, 11) is 0. The van der Waals surface area contributed by atoms with E-state index in [1.54, 1.807) is 0 Å². The van der Waals surface area contributed by atoms with Gasteiger partial charge < -0.3 is 0 Å². The van der Waals surface area contributed by atoms with Crippen molar-refractivity contribution in [2.75, 3.05) is 0 Å². The van der Waals surface area contributed by atoms with E-state index in [4.69, 9.17) is 0 Å². The average Bonchev–Trinajstić information content (AvgIpc) is 4.16. The first kappa shape index (κ1) is 25.2. The first-order chi connectivity index (χ1) is 32.3. The lowest BCUT2D eigenvalue weighted by molar-refractivity contribution is -0.0771. The van der Waals surface area contributed by atoms with Crippen molar-refractivity contribution >= 4 is 86.2 Å². The Kier molecular flexibility index (Phi) is 2.20. The maximum Gasteiger partial charge on any atom is 0.101 e. The maximum absolute atomic E-state index is 17.9. The van der Waals surface area contributed by atoms with E-state index in [1.165, 1.54) is 0 Å². The number of alkyl halides is 1. The van der Waals surface area contributed by atoms with Crippen molar-refractivity contribution in [1.82, 2.24) is 0 Å². The highest BCUT2D eigenvalue weighted by Gasteiger charge is 2.88. The Labute approximate surface area is 365 Å². The van der Waals surface area contributed by atoms with Crippen LogP contribution in [0.25, 0.3) is 97.3 Å². The molecule has 23 atom stereocenters. The van der Waals surface area contributed by atoms with Crippen LogP contribution >= 0.6 is 0 Å². The van der Waals surface area contributed by atoms with Gasteiger partial charge in [-0.05, 0) is 346 Å². The predicted octanol–water partition coefficient (Wildman–Crippen LogP) is 13.9. The molecule has 0 nitrogen and oxygen atoms in total. The minimum absolute atomic E-state index is 0.0573. The molecule has 65 heavy (non-hydrogen) atoms. The van der Waals surface area contributed by atoms with Crippen molar-refractivity contribution in [2.24, 2.45) is 11.8 Å². The van der Waals surface area contributed by atoms with Crippen LogP contribution in [0.15, 0.2) is 0 Å². The Morgan fingerprint density at radius 2 is 0.508 bits per heavy atom. The number of hydrogen-bond acceptors (Lipinski definition) is 0. The van der Waals surface area contributed by atoms with Crippen LogP contribution in [-0.4, -0.2) is 6.17 Å². The molecule has 33 rings (SSSR count). The Hall–Kier alpha value is -5.01. The summed E-state index contributed by atoms with van der Waals surface area (Å²) < 4.78 is 17.9. The molecule has 23 unspecified atom stereocenters. The molecule has 10 aromatic rings.